The number of nitrogens with one attached hydrogen (secondary N) is 2. The van der Waals surface area contributed by atoms with Crippen LogP contribution in [0.4, 0.5) is 11.4 Å². The molecule has 0 aliphatic carbocycles. The van der Waals surface area contributed by atoms with Crippen LogP contribution in [0.3, 0.4) is 0 Å². The third-order valence-corrected chi connectivity index (χ3v) is 4.89. The molecule has 0 aliphatic heterocycles. The van der Waals surface area contributed by atoms with E-state index in [2.05, 4.69) is 10.3 Å². The Bertz CT molecular complexity index is 1250. The Labute approximate surface area is 167 Å². The van der Waals surface area contributed by atoms with Crippen LogP contribution in [0.1, 0.15) is 15.9 Å². The SMILES string of the molecule is Cn1ccc(C(=O)Nc2cscc2[NH+]=C(O)c2ccn(C)c(=O)c2O)c(O)c1=O. The van der Waals surface area contributed by atoms with E-state index in [1.807, 2.05) is 0 Å². The third-order valence-electron chi connectivity index (χ3n) is 4.15. The lowest BCUT2D eigenvalue weighted by Crippen LogP contribution is -2.66. The summed E-state index contributed by atoms with van der Waals surface area (Å²) in [6, 6.07) is 2.65. The maximum Gasteiger partial charge on any atom is 0.375 e. The zero-order chi connectivity index (χ0) is 21.3. The first-order valence-electron chi connectivity index (χ1n) is 8.18. The number of anilines is 1. The number of hydrogen-bond donors (Lipinski definition) is 5. The number of aliphatic hydroxyl groups is 1. The molecule has 3 rings (SSSR count). The molecular formula is C18H17N4O6S+. The van der Waals surface area contributed by atoms with Gasteiger partial charge in [0.1, 0.15) is 11.3 Å². The lowest BCUT2D eigenvalue weighted by Gasteiger charge is -2.06. The van der Waals surface area contributed by atoms with Gasteiger partial charge < -0.3 is 29.8 Å². The lowest BCUT2D eigenvalue weighted by atomic mass is 10.2. The van der Waals surface area contributed by atoms with Gasteiger partial charge in [-0.2, -0.15) is 4.99 Å². The summed E-state index contributed by atoms with van der Waals surface area (Å²) in [5, 5.41) is 35.8. The number of nitrogens with zero attached hydrogens (tertiary/aromatic N) is 2. The molecule has 0 aromatic carbocycles. The highest BCUT2D eigenvalue weighted by atomic mass is 32.1. The third kappa shape index (κ3) is 3.75. The van der Waals surface area contributed by atoms with E-state index < -0.39 is 34.4 Å². The minimum atomic E-state index is -0.724. The predicted molar refractivity (Wildman–Crippen MR) is 106 cm³/mol. The molecule has 0 spiro atoms. The lowest BCUT2D eigenvalue weighted by molar-refractivity contribution is -0.363. The molecule has 5 N–H and O–H groups in total. The summed E-state index contributed by atoms with van der Waals surface area (Å²) in [7, 11) is 2.89. The van der Waals surface area contributed by atoms with Crippen LogP contribution in [0, 0.1) is 0 Å². The van der Waals surface area contributed by atoms with E-state index >= 15 is 0 Å². The molecule has 0 unspecified atom stereocenters. The number of amides is 1. The Hall–Kier alpha value is -3.86. The maximum absolute atomic E-state index is 12.4. The number of carbonyl (C=O) groups is 1. The molecule has 11 heteroatoms. The predicted octanol–water partition coefficient (Wildman–Crippen LogP) is -0.474. The highest BCUT2D eigenvalue weighted by molar-refractivity contribution is 7.08. The van der Waals surface area contributed by atoms with E-state index in [1.165, 1.54) is 50.0 Å². The van der Waals surface area contributed by atoms with E-state index in [4.69, 9.17) is 0 Å². The number of aromatic nitrogens is 2. The molecule has 3 heterocycles. The molecule has 0 aliphatic rings. The van der Waals surface area contributed by atoms with Crippen molar-refractivity contribution in [1.29, 1.82) is 0 Å². The fourth-order valence-corrected chi connectivity index (χ4v) is 3.19. The molecule has 29 heavy (non-hydrogen) atoms. The zero-order valence-corrected chi connectivity index (χ0v) is 16.1. The first-order valence-corrected chi connectivity index (χ1v) is 9.13. The van der Waals surface area contributed by atoms with Crippen LogP contribution < -0.4 is 21.4 Å². The molecule has 10 nitrogen and oxygen atoms in total. The molecule has 0 radical (unpaired) electrons. The molecule has 0 bridgehead atoms. The van der Waals surface area contributed by atoms with Gasteiger partial charge in [-0.25, -0.2) is 0 Å². The summed E-state index contributed by atoms with van der Waals surface area (Å²) < 4.78 is 2.28. The second kappa shape index (κ2) is 7.64. The molecule has 0 saturated carbocycles. The standard InChI is InChI=1S/C18H16N4O6S/c1-21-5-3-9(13(23)17(21)27)15(25)19-11-7-29-8-12(11)20-16(26)10-4-6-22(2)18(28)14(10)24/h3-8,23-24H,1-2H3,(H,19,25)(H,20,26)/p+1. The number of thiophene rings is 1. The van der Waals surface area contributed by atoms with Gasteiger partial charge in [-0.1, -0.05) is 0 Å². The fraction of sp³-hybridized carbons (Fsp3) is 0.111. The van der Waals surface area contributed by atoms with E-state index in [0.29, 0.717) is 0 Å². The summed E-state index contributed by atoms with van der Waals surface area (Å²) >= 11 is 1.20. The molecule has 150 valence electrons. The van der Waals surface area contributed by atoms with Gasteiger partial charge in [-0.3, -0.25) is 14.4 Å². The van der Waals surface area contributed by atoms with Crippen LogP contribution in [-0.2, 0) is 14.1 Å². The van der Waals surface area contributed by atoms with Crippen molar-refractivity contribution in [1.82, 2.24) is 9.13 Å². The van der Waals surface area contributed by atoms with Crippen molar-refractivity contribution >= 4 is 34.5 Å². The number of aryl methyl sites for hydroxylation is 2. The number of aliphatic hydroxyl groups excluding tert-OH is 1. The van der Waals surface area contributed by atoms with Gasteiger partial charge in [-0.15, -0.1) is 11.3 Å². The van der Waals surface area contributed by atoms with Crippen LogP contribution in [0.5, 0.6) is 11.5 Å². The summed E-state index contributed by atoms with van der Waals surface area (Å²) in [6.45, 7) is 0. The summed E-state index contributed by atoms with van der Waals surface area (Å²) in [4.78, 5) is 38.7. The maximum atomic E-state index is 12.4. The Kier molecular flexibility index (Phi) is 5.24. The normalized spacial score (nSPS) is 11.4. The summed E-state index contributed by atoms with van der Waals surface area (Å²) in [5.74, 6) is -2.54. The van der Waals surface area contributed by atoms with Gasteiger partial charge >= 0.3 is 5.90 Å². The fourth-order valence-electron chi connectivity index (χ4n) is 2.48. The number of hydrogen-bond acceptors (Lipinski definition) is 6. The van der Waals surface area contributed by atoms with E-state index in [9.17, 15) is 29.7 Å². The van der Waals surface area contributed by atoms with Gasteiger partial charge in [0.25, 0.3) is 17.0 Å². The molecular weight excluding hydrogens is 400 g/mol. The largest absolute Gasteiger partial charge is 0.502 e. The van der Waals surface area contributed by atoms with Gasteiger partial charge in [0, 0.05) is 31.9 Å². The summed E-state index contributed by atoms with van der Waals surface area (Å²) in [6.07, 6.45) is 2.73. The molecule has 3 aromatic heterocycles. The van der Waals surface area contributed by atoms with Crippen molar-refractivity contribution in [3.63, 3.8) is 0 Å². The van der Waals surface area contributed by atoms with Crippen molar-refractivity contribution in [3.05, 3.63) is 67.1 Å². The molecule has 0 atom stereocenters. The van der Waals surface area contributed by atoms with Crippen LogP contribution >= 0.6 is 11.3 Å². The Balaban J connectivity index is 1.92. The second-order valence-electron chi connectivity index (χ2n) is 6.12. The van der Waals surface area contributed by atoms with Gasteiger partial charge in [0.2, 0.25) is 5.69 Å². The van der Waals surface area contributed by atoms with Crippen molar-refractivity contribution in [2.24, 2.45) is 14.1 Å². The highest BCUT2D eigenvalue weighted by Crippen LogP contribution is 2.23. The van der Waals surface area contributed by atoms with E-state index in [-0.39, 0.29) is 22.5 Å². The first-order chi connectivity index (χ1) is 13.7. The molecule has 0 fully saturated rings. The summed E-state index contributed by atoms with van der Waals surface area (Å²) in [5.41, 5.74) is -1.17. The van der Waals surface area contributed by atoms with Crippen molar-refractivity contribution in [2.75, 3.05) is 5.32 Å². The monoisotopic (exact) mass is 417 g/mol. The van der Waals surface area contributed by atoms with Gasteiger partial charge in [0.05, 0.1) is 10.9 Å². The van der Waals surface area contributed by atoms with Gasteiger partial charge in [0.15, 0.2) is 11.5 Å². The average Bonchev–Trinajstić information content (AvgIpc) is 3.10. The Morgan fingerprint density at radius 3 is 2.17 bits per heavy atom. The molecule has 1 amide bonds. The van der Waals surface area contributed by atoms with Crippen molar-refractivity contribution in [2.45, 2.75) is 0 Å². The van der Waals surface area contributed by atoms with Crippen LogP contribution in [0.15, 0.2) is 44.9 Å². The Morgan fingerprint density at radius 2 is 1.55 bits per heavy atom. The average molecular weight is 417 g/mol. The number of aromatic hydroxyl groups is 2. The topological polar surface area (TPSA) is 148 Å². The van der Waals surface area contributed by atoms with Crippen LogP contribution in [0.25, 0.3) is 0 Å². The zero-order valence-electron chi connectivity index (χ0n) is 15.3. The second-order valence-corrected chi connectivity index (χ2v) is 6.86. The molecule has 3 aromatic rings. The van der Waals surface area contributed by atoms with Crippen molar-refractivity contribution in [3.8, 4) is 11.5 Å². The van der Waals surface area contributed by atoms with Crippen LogP contribution in [0.2, 0.25) is 0 Å². The number of carbonyl (C=O) groups excluding carboxylic acids is 1. The quantitative estimate of drug-likeness (QED) is 0.286. The highest BCUT2D eigenvalue weighted by Gasteiger charge is 2.21. The number of rotatable bonds is 4. The Morgan fingerprint density at radius 1 is 1.00 bits per heavy atom. The van der Waals surface area contributed by atoms with E-state index in [1.54, 1.807) is 10.8 Å². The van der Waals surface area contributed by atoms with Crippen LogP contribution in [-0.4, -0.2) is 36.3 Å². The van der Waals surface area contributed by atoms with E-state index in [0.717, 1.165) is 9.13 Å². The smallest absolute Gasteiger partial charge is 0.375 e. The van der Waals surface area contributed by atoms with Gasteiger partial charge in [-0.05, 0) is 12.1 Å². The first kappa shape index (κ1) is 19.9. The van der Waals surface area contributed by atoms with Crippen molar-refractivity contribution < 1.29 is 25.1 Å². The number of pyridine rings is 2. The minimum absolute atomic E-state index is 0.110. The minimum Gasteiger partial charge on any atom is -0.502 e. The molecule has 0 saturated heterocycles.